The lowest BCUT2D eigenvalue weighted by atomic mass is 10.1. The number of non-ortho nitro benzene ring substituents is 1. The van der Waals surface area contributed by atoms with Gasteiger partial charge in [-0.3, -0.25) is 14.7 Å². The number of rotatable bonds is 5. The number of hydrogen-bond acceptors (Lipinski definition) is 5. The number of nitro benzene ring substituents is 1. The van der Waals surface area contributed by atoms with Crippen molar-refractivity contribution in [1.29, 1.82) is 0 Å². The van der Waals surface area contributed by atoms with Crippen molar-refractivity contribution in [3.05, 3.63) is 76.1 Å². The highest BCUT2D eigenvalue weighted by Gasteiger charge is 2.16. The number of nitro groups is 1. The smallest absolute Gasteiger partial charge is 0.269 e. The second-order valence-electron chi connectivity index (χ2n) is 5.38. The fraction of sp³-hybridized carbons (Fsp3) is 0.176. The molecule has 24 heavy (non-hydrogen) atoms. The molecule has 0 saturated heterocycles. The molecule has 0 aliphatic heterocycles. The van der Waals surface area contributed by atoms with Crippen molar-refractivity contribution in [3.63, 3.8) is 0 Å². The van der Waals surface area contributed by atoms with E-state index in [1.165, 1.54) is 17.8 Å². The third kappa shape index (κ3) is 3.30. The molecule has 3 aromatic rings. The lowest BCUT2D eigenvalue weighted by molar-refractivity contribution is -0.384. The zero-order valence-corrected chi connectivity index (χ0v) is 14.1. The predicted octanol–water partition coefficient (Wildman–Crippen LogP) is 4.34. The summed E-state index contributed by atoms with van der Waals surface area (Å²) in [4.78, 5) is 10.6. The molecule has 1 unspecified atom stereocenters. The zero-order chi connectivity index (χ0) is 17.1. The van der Waals surface area contributed by atoms with E-state index in [9.17, 15) is 10.1 Å². The number of nitrogens with zero attached hydrogens (tertiary/aromatic N) is 4. The summed E-state index contributed by atoms with van der Waals surface area (Å²) in [6.45, 7) is 4.04. The summed E-state index contributed by atoms with van der Waals surface area (Å²) in [5.41, 5.74) is 3.13. The van der Waals surface area contributed by atoms with Crippen LogP contribution < -0.4 is 0 Å². The molecule has 1 heterocycles. The Kier molecular flexibility index (Phi) is 4.61. The van der Waals surface area contributed by atoms with Gasteiger partial charge in [-0.2, -0.15) is 0 Å². The van der Waals surface area contributed by atoms with Crippen LogP contribution in [0.1, 0.15) is 23.3 Å². The highest BCUT2D eigenvalue weighted by Crippen LogP contribution is 2.35. The van der Waals surface area contributed by atoms with Crippen molar-refractivity contribution in [2.75, 3.05) is 0 Å². The van der Waals surface area contributed by atoms with Crippen LogP contribution in [0.4, 0.5) is 5.69 Å². The molecular formula is C17H16N4O2S. The quantitative estimate of drug-likeness (QED) is 0.392. The van der Waals surface area contributed by atoms with E-state index in [2.05, 4.69) is 10.2 Å². The SMILES string of the molecule is Cc1ccccc1-n1cnnc1SC(C)c1cccc([N+](=O)[O-])c1. The minimum Gasteiger partial charge on any atom is -0.276 e. The van der Waals surface area contributed by atoms with Gasteiger partial charge in [-0.25, -0.2) is 0 Å². The largest absolute Gasteiger partial charge is 0.276 e. The van der Waals surface area contributed by atoms with Crippen LogP contribution in [0.3, 0.4) is 0 Å². The summed E-state index contributed by atoms with van der Waals surface area (Å²) in [5, 5.41) is 19.9. The van der Waals surface area contributed by atoms with E-state index < -0.39 is 0 Å². The van der Waals surface area contributed by atoms with E-state index in [0.29, 0.717) is 0 Å². The first-order valence-electron chi connectivity index (χ1n) is 7.43. The van der Waals surface area contributed by atoms with Gasteiger partial charge in [0.1, 0.15) is 6.33 Å². The van der Waals surface area contributed by atoms with Crippen LogP contribution in [-0.4, -0.2) is 19.7 Å². The summed E-state index contributed by atoms with van der Waals surface area (Å²) >= 11 is 1.52. The summed E-state index contributed by atoms with van der Waals surface area (Å²) in [6.07, 6.45) is 1.69. The van der Waals surface area contributed by atoms with Crippen LogP contribution in [0.2, 0.25) is 0 Å². The summed E-state index contributed by atoms with van der Waals surface area (Å²) in [5.74, 6) is 0. The van der Waals surface area contributed by atoms with E-state index in [0.717, 1.165) is 22.0 Å². The van der Waals surface area contributed by atoms with E-state index in [-0.39, 0.29) is 15.9 Å². The number of para-hydroxylation sites is 1. The van der Waals surface area contributed by atoms with E-state index in [4.69, 9.17) is 0 Å². The van der Waals surface area contributed by atoms with Gasteiger partial charge < -0.3 is 0 Å². The van der Waals surface area contributed by atoms with Gasteiger partial charge in [0.2, 0.25) is 0 Å². The van der Waals surface area contributed by atoms with Crippen molar-refractivity contribution >= 4 is 17.4 Å². The fourth-order valence-corrected chi connectivity index (χ4v) is 3.37. The molecule has 122 valence electrons. The Balaban J connectivity index is 1.88. The van der Waals surface area contributed by atoms with Gasteiger partial charge in [0.05, 0.1) is 10.6 Å². The third-order valence-electron chi connectivity index (χ3n) is 3.72. The van der Waals surface area contributed by atoms with Gasteiger partial charge in [-0.05, 0) is 31.0 Å². The van der Waals surface area contributed by atoms with E-state index in [1.807, 2.05) is 48.7 Å². The van der Waals surface area contributed by atoms with Gasteiger partial charge in [0, 0.05) is 17.4 Å². The molecule has 1 atom stereocenters. The van der Waals surface area contributed by atoms with Gasteiger partial charge in [0.15, 0.2) is 5.16 Å². The average molecular weight is 340 g/mol. The van der Waals surface area contributed by atoms with Crippen molar-refractivity contribution in [2.24, 2.45) is 0 Å². The standard InChI is InChI=1S/C17H16N4O2S/c1-12-6-3-4-9-16(12)20-11-18-19-17(20)24-13(2)14-7-5-8-15(10-14)21(22)23/h3-11,13H,1-2H3. The van der Waals surface area contributed by atoms with Gasteiger partial charge in [-0.15, -0.1) is 10.2 Å². The normalized spacial score (nSPS) is 12.1. The minimum absolute atomic E-state index is 0.0110. The van der Waals surface area contributed by atoms with E-state index in [1.54, 1.807) is 18.5 Å². The Labute approximate surface area is 143 Å². The first-order chi connectivity index (χ1) is 11.6. The third-order valence-corrected chi connectivity index (χ3v) is 4.84. The molecule has 0 amide bonds. The molecule has 6 nitrogen and oxygen atoms in total. The van der Waals surface area contributed by atoms with Crippen LogP contribution in [0.5, 0.6) is 0 Å². The van der Waals surface area contributed by atoms with Crippen LogP contribution in [0, 0.1) is 17.0 Å². The lowest BCUT2D eigenvalue weighted by Gasteiger charge is -2.13. The number of aromatic nitrogens is 3. The van der Waals surface area contributed by atoms with Crippen molar-refractivity contribution in [3.8, 4) is 5.69 Å². The van der Waals surface area contributed by atoms with Crippen LogP contribution in [0.25, 0.3) is 5.69 Å². The average Bonchev–Trinajstić information content (AvgIpc) is 3.03. The first kappa shape index (κ1) is 16.2. The lowest BCUT2D eigenvalue weighted by Crippen LogP contribution is -1.99. The number of benzene rings is 2. The topological polar surface area (TPSA) is 73.8 Å². The Morgan fingerprint density at radius 1 is 1.21 bits per heavy atom. The number of thioether (sulfide) groups is 1. The molecule has 1 aromatic heterocycles. The second-order valence-corrected chi connectivity index (χ2v) is 6.69. The summed E-state index contributed by atoms with van der Waals surface area (Å²) < 4.78 is 1.94. The van der Waals surface area contributed by atoms with Crippen LogP contribution in [0.15, 0.2) is 60.0 Å². The molecule has 0 bridgehead atoms. The van der Waals surface area contributed by atoms with Crippen molar-refractivity contribution < 1.29 is 4.92 Å². The maximum atomic E-state index is 10.9. The molecule has 0 aliphatic carbocycles. The van der Waals surface area contributed by atoms with Gasteiger partial charge in [0.25, 0.3) is 5.69 Å². The monoisotopic (exact) mass is 340 g/mol. The summed E-state index contributed by atoms with van der Waals surface area (Å²) in [6, 6.07) is 14.7. The van der Waals surface area contributed by atoms with Gasteiger partial charge in [-0.1, -0.05) is 42.1 Å². The Bertz CT molecular complexity index is 878. The number of aryl methyl sites for hydroxylation is 1. The molecular weight excluding hydrogens is 324 g/mol. The molecule has 2 aromatic carbocycles. The zero-order valence-electron chi connectivity index (χ0n) is 13.3. The van der Waals surface area contributed by atoms with Crippen LogP contribution >= 0.6 is 11.8 Å². The molecule has 0 N–H and O–H groups in total. The number of hydrogen-bond donors (Lipinski definition) is 0. The molecule has 3 rings (SSSR count). The highest BCUT2D eigenvalue weighted by atomic mass is 32.2. The minimum atomic E-state index is -0.378. The maximum absolute atomic E-state index is 10.9. The molecule has 0 aliphatic rings. The molecule has 0 radical (unpaired) electrons. The summed E-state index contributed by atoms with van der Waals surface area (Å²) in [7, 11) is 0. The fourth-order valence-electron chi connectivity index (χ4n) is 2.42. The molecule has 0 fully saturated rings. The maximum Gasteiger partial charge on any atom is 0.269 e. The first-order valence-corrected chi connectivity index (χ1v) is 8.31. The predicted molar refractivity (Wildman–Crippen MR) is 93.5 cm³/mol. The van der Waals surface area contributed by atoms with Crippen molar-refractivity contribution in [2.45, 2.75) is 24.3 Å². The van der Waals surface area contributed by atoms with E-state index >= 15 is 0 Å². The Morgan fingerprint density at radius 3 is 2.75 bits per heavy atom. The van der Waals surface area contributed by atoms with Crippen LogP contribution in [-0.2, 0) is 0 Å². The Morgan fingerprint density at radius 2 is 2.00 bits per heavy atom. The molecule has 0 spiro atoms. The van der Waals surface area contributed by atoms with Crippen molar-refractivity contribution in [1.82, 2.24) is 14.8 Å². The molecule has 0 saturated carbocycles. The molecule has 7 heteroatoms. The second kappa shape index (κ2) is 6.84. The van der Waals surface area contributed by atoms with Gasteiger partial charge >= 0.3 is 0 Å². The Hall–Kier alpha value is -2.67. The highest BCUT2D eigenvalue weighted by molar-refractivity contribution is 7.99.